The number of hydrogen-bond donors (Lipinski definition) is 0. The number of ether oxygens (including phenoxy) is 2. The summed E-state index contributed by atoms with van der Waals surface area (Å²) in [7, 11) is -5.68. The molecule has 0 spiro atoms. The molecule has 0 aromatic heterocycles. The molecule has 1 heterocycles. The quantitative estimate of drug-likeness (QED) is 0.450. The Morgan fingerprint density at radius 2 is 1.40 bits per heavy atom. The molecule has 0 aliphatic carbocycles. The van der Waals surface area contributed by atoms with Gasteiger partial charge in [-0.15, -0.1) is 0 Å². The number of carbonyl (C=O) groups is 1. The Morgan fingerprint density at radius 1 is 0.914 bits per heavy atom. The van der Waals surface area contributed by atoms with Gasteiger partial charge in [-0.05, 0) is 38.1 Å². The first-order valence-electron chi connectivity index (χ1n) is 10.7. The third-order valence-corrected chi connectivity index (χ3v) is 8.34. The molecule has 1 amide bonds. The number of benzene rings is 2. The molecule has 2 aromatic rings. The summed E-state index contributed by atoms with van der Waals surface area (Å²) in [4.78, 5) is 13.3. The highest BCUT2D eigenvalue weighted by molar-refractivity contribution is 7.87. The average Bonchev–Trinajstić information content (AvgIpc) is 3.14. The molecular formula is C23H29NO9S2. The number of hydrogen-bond acceptors (Lipinski definition) is 9. The smallest absolute Gasteiger partial charge is 0.297 e. The van der Waals surface area contributed by atoms with Crippen molar-refractivity contribution in [2.75, 3.05) is 20.8 Å². The van der Waals surface area contributed by atoms with Gasteiger partial charge in [-0.3, -0.25) is 13.2 Å². The summed E-state index contributed by atoms with van der Waals surface area (Å²) >= 11 is 0. The molecule has 3 rings (SSSR count). The predicted octanol–water partition coefficient (Wildman–Crippen LogP) is 2.00. The van der Waals surface area contributed by atoms with Crippen LogP contribution in [-0.2, 0) is 42.9 Å². The number of methoxy groups -OCH3 is 1. The first-order chi connectivity index (χ1) is 16.4. The molecule has 4 atom stereocenters. The van der Waals surface area contributed by atoms with E-state index in [1.807, 2.05) is 13.8 Å². The van der Waals surface area contributed by atoms with E-state index < -0.39 is 57.3 Å². The summed E-state index contributed by atoms with van der Waals surface area (Å²) < 4.78 is 73.0. The first-order valence-corrected chi connectivity index (χ1v) is 13.5. The summed E-state index contributed by atoms with van der Waals surface area (Å²) in [6.07, 6.45) is -3.55. The van der Waals surface area contributed by atoms with E-state index in [9.17, 15) is 21.6 Å². The maximum Gasteiger partial charge on any atom is 0.297 e. The van der Waals surface area contributed by atoms with Crippen LogP contribution in [0.4, 0.5) is 0 Å². The molecule has 12 heteroatoms. The fourth-order valence-electron chi connectivity index (χ4n) is 3.65. The number of rotatable bonds is 9. The summed E-state index contributed by atoms with van der Waals surface area (Å²) in [5.41, 5.74) is 1.74. The second-order valence-corrected chi connectivity index (χ2v) is 11.5. The van der Waals surface area contributed by atoms with Gasteiger partial charge >= 0.3 is 0 Å². The molecule has 0 N–H and O–H groups in total. The fourth-order valence-corrected chi connectivity index (χ4v) is 5.65. The van der Waals surface area contributed by atoms with E-state index in [0.29, 0.717) is 0 Å². The van der Waals surface area contributed by atoms with E-state index in [1.54, 1.807) is 24.3 Å². The number of nitrogens with zero attached hydrogens (tertiary/aromatic N) is 1. The van der Waals surface area contributed by atoms with Crippen molar-refractivity contribution in [2.45, 2.75) is 55.1 Å². The maximum absolute atomic E-state index is 13.0. The number of carbonyl (C=O) groups excluding carboxylic acids is 1. The van der Waals surface area contributed by atoms with Gasteiger partial charge < -0.3 is 14.4 Å². The molecule has 2 aromatic carbocycles. The van der Waals surface area contributed by atoms with Crippen molar-refractivity contribution in [1.82, 2.24) is 4.90 Å². The summed E-state index contributed by atoms with van der Waals surface area (Å²) in [5, 5.41) is 0. The van der Waals surface area contributed by atoms with Crippen molar-refractivity contribution in [3.8, 4) is 0 Å². The fraction of sp³-hybridized carbons (Fsp3) is 0.435. The zero-order valence-corrected chi connectivity index (χ0v) is 21.7. The van der Waals surface area contributed by atoms with Crippen LogP contribution in [-0.4, -0.2) is 72.9 Å². The van der Waals surface area contributed by atoms with Gasteiger partial charge in [0.15, 0.2) is 12.4 Å². The minimum Gasteiger partial charge on any atom is -0.353 e. The maximum atomic E-state index is 13.0. The minimum atomic E-state index is -4.27. The molecule has 1 aliphatic heterocycles. The summed E-state index contributed by atoms with van der Waals surface area (Å²) in [5.74, 6) is -0.414. The molecule has 35 heavy (non-hydrogen) atoms. The van der Waals surface area contributed by atoms with Crippen molar-refractivity contribution in [2.24, 2.45) is 0 Å². The van der Waals surface area contributed by atoms with Crippen LogP contribution in [0.15, 0.2) is 58.3 Å². The summed E-state index contributed by atoms with van der Waals surface area (Å²) in [6, 6.07) is 11.1. The van der Waals surface area contributed by atoms with Crippen molar-refractivity contribution < 1.29 is 39.5 Å². The SMILES string of the molecule is CO[C@@H]1O[C@H](COS(=O)(=O)c2ccc(C)cc2)[C@H](N(C)C(C)=O)[C@@H]1OS(=O)(=O)c1ccc(C)cc1. The largest absolute Gasteiger partial charge is 0.353 e. The zero-order valence-electron chi connectivity index (χ0n) is 20.1. The minimum absolute atomic E-state index is 0.0457. The first kappa shape index (κ1) is 27.2. The van der Waals surface area contributed by atoms with E-state index >= 15 is 0 Å². The Kier molecular flexibility index (Phi) is 8.35. The Bertz CT molecular complexity index is 1240. The predicted molar refractivity (Wildman–Crippen MR) is 125 cm³/mol. The van der Waals surface area contributed by atoms with Gasteiger partial charge in [-0.2, -0.15) is 16.8 Å². The van der Waals surface area contributed by atoms with Gasteiger partial charge in [0.25, 0.3) is 20.2 Å². The lowest BCUT2D eigenvalue weighted by Crippen LogP contribution is -2.51. The van der Waals surface area contributed by atoms with Gasteiger partial charge in [0.2, 0.25) is 5.91 Å². The van der Waals surface area contributed by atoms with Gasteiger partial charge in [-0.1, -0.05) is 35.4 Å². The molecule has 0 radical (unpaired) electrons. The van der Waals surface area contributed by atoms with Gasteiger partial charge in [-0.25, -0.2) is 0 Å². The van der Waals surface area contributed by atoms with E-state index in [2.05, 4.69) is 0 Å². The van der Waals surface area contributed by atoms with Crippen LogP contribution < -0.4 is 0 Å². The molecule has 0 saturated carbocycles. The zero-order chi connectivity index (χ0) is 26.0. The van der Waals surface area contributed by atoms with Crippen molar-refractivity contribution in [3.63, 3.8) is 0 Å². The number of aryl methyl sites for hydroxylation is 2. The highest BCUT2D eigenvalue weighted by atomic mass is 32.2. The van der Waals surface area contributed by atoms with Gasteiger partial charge in [0.1, 0.15) is 6.10 Å². The van der Waals surface area contributed by atoms with Crippen molar-refractivity contribution >= 4 is 26.1 Å². The van der Waals surface area contributed by atoms with Crippen LogP contribution in [0.2, 0.25) is 0 Å². The van der Waals surface area contributed by atoms with Crippen LogP contribution in [0.25, 0.3) is 0 Å². The van der Waals surface area contributed by atoms with E-state index in [0.717, 1.165) is 11.1 Å². The Labute approximate surface area is 206 Å². The Morgan fingerprint density at radius 3 is 1.86 bits per heavy atom. The second kappa shape index (κ2) is 10.7. The summed E-state index contributed by atoms with van der Waals surface area (Å²) in [6.45, 7) is 4.42. The third kappa shape index (κ3) is 6.26. The van der Waals surface area contributed by atoms with Crippen LogP contribution >= 0.6 is 0 Å². The molecule has 10 nitrogen and oxygen atoms in total. The van der Waals surface area contributed by atoms with Crippen LogP contribution in [0.5, 0.6) is 0 Å². The van der Waals surface area contributed by atoms with Gasteiger partial charge in [0, 0.05) is 21.1 Å². The van der Waals surface area contributed by atoms with Crippen LogP contribution in [0.1, 0.15) is 18.1 Å². The molecule has 0 bridgehead atoms. The lowest BCUT2D eigenvalue weighted by atomic mass is 10.1. The third-order valence-electron chi connectivity index (χ3n) is 5.72. The van der Waals surface area contributed by atoms with Crippen molar-refractivity contribution in [1.29, 1.82) is 0 Å². The van der Waals surface area contributed by atoms with Crippen LogP contribution in [0.3, 0.4) is 0 Å². The molecule has 192 valence electrons. The monoisotopic (exact) mass is 527 g/mol. The molecule has 1 fully saturated rings. The standard InChI is InChI=1S/C23H29NO9S2/c1-15-6-10-18(11-7-15)34(26,27)31-14-20-21(24(4)17(3)25)22(23(30-5)32-20)33-35(28,29)19-12-8-16(2)9-13-19/h6-13,20-23H,14H2,1-5H3/t20-,21+,22+,23-/m1/s1. The second-order valence-electron chi connectivity index (χ2n) is 8.28. The molecule has 1 saturated heterocycles. The molecule has 0 unspecified atom stereocenters. The topological polar surface area (TPSA) is 126 Å². The molecule has 1 aliphatic rings. The normalized spacial score (nSPS) is 22.8. The van der Waals surface area contributed by atoms with Crippen LogP contribution in [0, 0.1) is 13.8 Å². The van der Waals surface area contributed by atoms with Gasteiger partial charge in [0.05, 0.1) is 22.4 Å². The number of likely N-dealkylation sites (N-methyl/N-ethyl adjacent to an activating group) is 1. The number of amides is 1. The highest BCUT2D eigenvalue weighted by Gasteiger charge is 2.51. The Hall–Kier alpha value is -2.35. The van der Waals surface area contributed by atoms with Crippen molar-refractivity contribution in [3.05, 3.63) is 59.7 Å². The van der Waals surface area contributed by atoms with E-state index in [1.165, 1.54) is 50.2 Å². The highest BCUT2D eigenvalue weighted by Crippen LogP contribution is 2.32. The lowest BCUT2D eigenvalue weighted by molar-refractivity contribution is -0.146. The van der Waals surface area contributed by atoms with E-state index in [4.69, 9.17) is 17.8 Å². The lowest BCUT2D eigenvalue weighted by Gasteiger charge is -2.31. The average molecular weight is 528 g/mol. The molecular weight excluding hydrogens is 498 g/mol. The van der Waals surface area contributed by atoms with E-state index in [-0.39, 0.29) is 9.79 Å². The Balaban J connectivity index is 1.87.